The third kappa shape index (κ3) is 15.5. The number of nitrogens with zero attached hydrogens (tertiary/aromatic N) is 4. The van der Waals surface area contributed by atoms with Crippen molar-refractivity contribution in [3.05, 3.63) is 184 Å². The Morgan fingerprint density at radius 3 is 1.70 bits per heavy atom. The zero-order valence-electron chi connectivity index (χ0n) is 51.5. The molecule has 1 heterocycles. The van der Waals surface area contributed by atoms with Crippen LogP contribution in [0.1, 0.15) is 72.9 Å². The molecular formula is C66H80B2ClN5O10S2Si. The minimum absolute atomic E-state index is 0. The minimum Gasteiger partial charge on any atom is -1.00 e. The van der Waals surface area contributed by atoms with Crippen LogP contribution >= 0.6 is 0 Å². The van der Waals surface area contributed by atoms with Crippen LogP contribution < -0.4 is 38.7 Å². The average Bonchev–Trinajstić information content (AvgIpc) is 0.754. The van der Waals surface area contributed by atoms with Crippen LogP contribution in [0.5, 0.6) is 0 Å². The summed E-state index contributed by atoms with van der Waals surface area (Å²) in [5, 5.41) is 52.2. The molecule has 0 atom stereocenters. The molecule has 6 aromatic rings. The summed E-state index contributed by atoms with van der Waals surface area (Å²) in [6, 6.07) is 30.1. The lowest BCUT2D eigenvalue weighted by Crippen LogP contribution is -3.00. The van der Waals surface area contributed by atoms with E-state index in [0.29, 0.717) is 74.1 Å². The van der Waals surface area contributed by atoms with Crippen molar-refractivity contribution in [1.29, 1.82) is 0 Å². The lowest BCUT2D eigenvalue weighted by Gasteiger charge is -2.38. The first-order valence-corrected chi connectivity index (χ1v) is 35.7. The van der Waals surface area contributed by atoms with Crippen LogP contribution in [0.2, 0.25) is 13.1 Å². The van der Waals surface area contributed by atoms with Crippen molar-refractivity contribution in [2.75, 3.05) is 65.2 Å². The SMILES string of the molecule is C=C(C)C(=O)CCCCN(Cc1cc(S(C)(=O)=O)ccc1B(O)O)Cc1c2ccccc2c(CN(CCCNC(=O)C(=C)C)Cc2cc(S(C)(=O)=O)ccc2B(O)O)c2ccc(C3=C4C=CC(=[N+](C)C)C=C4[Si](C)(C)c4cc(N(C)C)ccc43)cc12.[Cl-]. The molecule has 1 aliphatic heterocycles. The summed E-state index contributed by atoms with van der Waals surface area (Å²) in [7, 11) is -5.38. The van der Waals surface area contributed by atoms with Gasteiger partial charge in [0.1, 0.15) is 22.2 Å². The van der Waals surface area contributed by atoms with Crippen LogP contribution in [0.3, 0.4) is 0 Å². The maximum absolute atomic E-state index is 13.1. The number of ketones is 1. The summed E-state index contributed by atoms with van der Waals surface area (Å²) >= 11 is 0. The van der Waals surface area contributed by atoms with Gasteiger partial charge in [-0.05, 0) is 181 Å². The Kier molecular flexibility index (Phi) is 21.8. The first-order valence-electron chi connectivity index (χ1n) is 28.9. The summed E-state index contributed by atoms with van der Waals surface area (Å²) in [6.07, 6.45) is 10.9. The van der Waals surface area contributed by atoms with Gasteiger partial charge in [-0.15, -0.1) is 0 Å². The maximum Gasteiger partial charge on any atom is 0.488 e. The number of benzene rings is 6. The normalized spacial score (nSPS) is 13.7. The molecule has 15 nitrogen and oxygen atoms in total. The van der Waals surface area contributed by atoms with Gasteiger partial charge in [0.25, 0.3) is 0 Å². The fourth-order valence-electron chi connectivity index (χ4n) is 11.8. The van der Waals surface area contributed by atoms with Gasteiger partial charge < -0.3 is 42.7 Å². The molecule has 21 heteroatoms. The van der Waals surface area contributed by atoms with Crippen molar-refractivity contribution in [3.63, 3.8) is 0 Å². The molecule has 8 rings (SSSR count). The van der Waals surface area contributed by atoms with Gasteiger partial charge in [-0.2, -0.15) is 0 Å². The number of sulfone groups is 2. The minimum atomic E-state index is -3.71. The van der Waals surface area contributed by atoms with E-state index in [1.54, 1.807) is 13.8 Å². The number of rotatable bonds is 25. The number of allylic oxidation sites excluding steroid dienone is 6. The van der Waals surface area contributed by atoms with Gasteiger partial charge in [0.2, 0.25) is 5.91 Å². The largest absolute Gasteiger partial charge is 1.00 e. The van der Waals surface area contributed by atoms with Crippen LogP contribution in [-0.4, -0.2) is 151 Å². The number of carbonyl (C=O) groups is 2. The monoisotopic (exact) mass is 1250 g/mol. The molecule has 5 N–H and O–H groups in total. The highest BCUT2D eigenvalue weighted by atomic mass is 35.5. The Bertz CT molecular complexity index is 4080. The molecule has 0 unspecified atom stereocenters. The highest BCUT2D eigenvalue weighted by Gasteiger charge is 2.41. The Labute approximate surface area is 521 Å². The number of amides is 1. The molecule has 1 aliphatic carbocycles. The molecule has 0 aromatic heterocycles. The van der Waals surface area contributed by atoms with Crippen molar-refractivity contribution >= 4 is 108 Å². The standard InChI is InChI=1S/C66H79B2N5O10S2Si.ClH/c1-43(2)62(74)20-15-16-32-72(39-46-34-50(84(9,80)81)24-29-60(46)67(76)77)42-59-53-19-14-13-18-52(53)58(41-73(33-17-31-69-66(75)44(3)4)40-47-35-51(85(10,82)83)25-30-61(47)68(78)79)54-26-21-45(36-57(54)59)65-55-27-22-48(70(5)6)37-63(55)86(11,12)64-38-49(71(7)8)23-28-56(64)65;/h13-14,18-19,21-30,34-38,76-79H,1,3,15-17,20,31-33,39-42H2,2,4-12H3;1H. The predicted octanol–water partition coefficient (Wildman–Crippen LogP) is 3.11. The second-order valence-corrected chi connectivity index (χ2v) is 32.4. The van der Waals surface area contributed by atoms with Crippen LogP contribution in [0.4, 0.5) is 5.69 Å². The average molecular weight is 1250 g/mol. The maximum atomic E-state index is 13.1. The van der Waals surface area contributed by atoms with Crippen LogP contribution in [0.25, 0.3) is 27.1 Å². The molecule has 2 aliphatic rings. The number of hydrogen-bond donors (Lipinski definition) is 5. The van der Waals surface area contributed by atoms with Crippen molar-refractivity contribution in [2.45, 2.75) is 88.6 Å². The van der Waals surface area contributed by atoms with E-state index in [0.717, 1.165) is 78.9 Å². The summed E-state index contributed by atoms with van der Waals surface area (Å²) in [4.78, 5) is 32.1. The molecule has 0 saturated heterocycles. The smallest absolute Gasteiger partial charge is 0.488 e. The van der Waals surface area contributed by atoms with E-state index < -0.39 is 42.0 Å². The van der Waals surface area contributed by atoms with Gasteiger partial charge in [-0.3, -0.25) is 19.4 Å². The molecule has 0 fully saturated rings. The number of anilines is 1. The van der Waals surface area contributed by atoms with Gasteiger partial charge in [-0.1, -0.05) is 80.8 Å². The number of nitrogens with one attached hydrogen (secondary N) is 1. The van der Waals surface area contributed by atoms with Crippen molar-refractivity contribution < 1.29 is 63.5 Å². The lowest BCUT2D eigenvalue weighted by atomic mass is 9.77. The highest BCUT2D eigenvalue weighted by Crippen LogP contribution is 2.44. The zero-order valence-corrected chi connectivity index (χ0v) is 54.9. The number of fused-ring (bicyclic) bond motifs is 4. The number of halogens is 1. The van der Waals surface area contributed by atoms with E-state index in [1.165, 1.54) is 46.8 Å². The zero-order chi connectivity index (χ0) is 62.7. The molecule has 87 heavy (non-hydrogen) atoms. The highest BCUT2D eigenvalue weighted by molar-refractivity contribution is 7.91. The Morgan fingerprint density at radius 1 is 0.655 bits per heavy atom. The Hall–Kier alpha value is -6.55. The van der Waals surface area contributed by atoms with Crippen molar-refractivity contribution in [1.82, 2.24) is 15.1 Å². The molecule has 0 saturated carbocycles. The number of hydrogen-bond acceptors (Lipinski definition) is 13. The molecule has 0 bridgehead atoms. The van der Waals surface area contributed by atoms with Gasteiger partial charge in [0, 0.05) is 95.7 Å². The molecule has 0 radical (unpaired) electrons. The van der Waals surface area contributed by atoms with E-state index in [4.69, 9.17) is 0 Å². The fraction of sp³-hybridized carbons (Fsp3) is 0.318. The summed E-state index contributed by atoms with van der Waals surface area (Å²) < 4.78 is 54.4. The summed E-state index contributed by atoms with van der Waals surface area (Å²) in [6.45, 7) is 17.7. The summed E-state index contributed by atoms with van der Waals surface area (Å²) in [5.41, 5.74) is 10.4. The van der Waals surface area contributed by atoms with Crippen LogP contribution in [-0.2, 0) is 55.4 Å². The summed E-state index contributed by atoms with van der Waals surface area (Å²) in [5.74, 6) is -0.318. The van der Waals surface area contributed by atoms with Gasteiger partial charge in [-0.25, -0.2) is 21.4 Å². The number of Topliss-reactive ketones (excluding diaryl/α,β-unsaturated/α-hetero) is 1. The van der Waals surface area contributed by atoms with Crippen LogP contribution in [0.15, 0.2) is 160 Å². The number of carbonyl (C=O) groups excluding carboxylic acids is 2. The van der Waals surface area contributed by atoms with Crippen LogP contribution in [0, 0.1) is 0 Å². The second-order valence-electron chi connectivity index (χ2n) is 24.0. The Morgan fingerprint density at radius 2 is 1.20 bits per heavy atom. The van der Waals surface area contributed by atoms with E-state index in [-0.39, 0.29) is 64.4 Å². The second kappa shape index (κ2) is 27.9. The molecule has 0 spiro atoms. The molecule has 1 amide bonds. The molecule has 458 valence electrons. The quantitative estimate of drug-likeness (QED) is 0.0184. The third-order valence-electron chi connectivity index (χ3n) is 16.6. The van der Waals surface area contributed by atoms with Crippen molar-refractivity contribution in [2.24, 2.45) is 0 Å². The first kappa shape index (κ1) is 67.9. The lowest BCUT2D eigenvalue weighted by molar-refractivity contribution is -0.462. The predicted molar refractivity (Wildman–Crippen MR) is 353 cm³/mol. The topological polar surface area (TPSA) is 208 Å². The Balaban J connectivity index is 0.0000108. The molecule has 6 aromatic carbocycles. The van der Waals surface area contributed by atoms with E-state index in [2.05, 4.69) is 146 Å². The number of unbranched alkanes of at least 4 members (excludes halogenated alkanes) is 1. The first-order chi connectivity index (χ1) is 40.5. The van der Waals surface area contributed by atoms with Gasteiger partial charge in [0.05, 0.1) is 9.79 Å². The van der Waals surface area contributed by atoms with Gasteiger partial charge >= 0.3 is 14.2 Å². The van der Waals surface area contributed by atoms with E-state index in [9.17, 15) is 46.5 Å². The van der Waals surface area contributed by atoms with E-state index in [1.807, 2.05) is 12.1 Å². The van der Waals surface area contributed by atoms with E-state index >= 15 is 0 Å². The van der Waals surface area contributed by atoms with Gasteiger partial charge in [0.15, 0.2) is 31.2 Å². The van der Waals surface area contributed by atoms with Crippen molar-refractivity contribution in [3.8, 4) is 0 Å². The molecular weight excluding hydrogens is 1170 g/mol. The third-order valence-corrected chi connectivity index (χ3v) is 22.3. The fourth-order valence-corrected chi connectivity index (χ4v) is 16.2.